The highest BCUT2D eigenvalue weighted by molar-refractivity contribution is 5.82. The second-order valence-corrected chi connectivity index (χ2v) is 5.91. The lowest BCUT2D eigenvalue weighted by atomic mass is 9.80. The summed E-state index contributed by atoms with van der Waals surface area (Å²) >= 11 is 0. The number of nitrogens with one attached hydrogen (secondary N) is 1. The van der Waals surface area contributed by atoms with Crippen molar-refractivity contribution in [2.24, 2.45) is 17.6 Å². The van der Waals surface area contributed by atoms with Crippen LogP contribution < -0.4 is 11.1 Å². The molecule has 0 bridgehead atoms. The lowest BCUT2D eigenvalue weighted by molar-refractivity contribution is -0.144. The minimum Gasteiger partial charge on any atom is -0.481 e. The van der Waals surface area contributed by atoms with Gasteiger partial charge in [-0.1, -0.05) is 6.42 Å². The normalized spacial score (nSPS) is 23.7. The molecule has 1 aliphatic carbocycles. The smallest absolute Gasteiger partial charge is 0.306 e. The molecular weight excluding hydrogens is 248 g/mol. The van der Waals surface area contributed by atoms with Gasteiger partial charge in [-0.2, -0.15) is 0 Å². The summed E-state index contributed by atoms with van der Waals surface area (Å²) < 4.78 is 0. The van der Waals surface area contributed by atoms with E-state index in [1.165, 1.54) is 0 Å². The standard InChI is InChI=1S/C13H22N2O4/c1-13(2,7-10(14)16)15-11(17)8-4-3-5-9(6-8)12(18)19/h8-9H,3-7H2,1-2H3,(H2,14,16)(H,15,17)(H,18,19). The molecule has 6 heteroatoms. The van der Waals surface area contributed by atoms with Crippen LogP contribution in [-0.4, -0.2) is 28.4 Å². The van der Waals surface area contributed by atoms with Gasteiger partial charge in [0.2, 0.25) is 11.8 Å². The molecule has 2 unspecified atom stereocenters. The molecule has 6 nitrogen and oxygen atoms in total. The first-order chi connectivity index (χ1) is 8.71. The van der Waals surface area contributed by atoms with Gasteiger partial charge < -0.3 is 16.2 Å². The fraction of sp³-hybridized carbons (Fsp3) is 0.769. The first-order valence-electron chi connectivity index (χ1n) is 6.54. The molecule has 2 atom stereocenters. The number of rotatable bonds is 5. The second kappa shape index (κ2) is 6.04. The fourth-order valence-electron chi connectivity index (χ4n) is 2.57. The van der Waals surface area contributed by atoms with E-state index < -0.39 is 23.3 Å². The minimum atomic E-state index is -0.839. The van der Waals surface area contributed by atoms with Gasteiger partial charge in [0.05, 0.1) is 5.92 Å². The molecule has 0 heterocycles. The maximum absolute atomic E-state index is 12.1. The van der Waals surface area contributed by atoms with Crippen LogP contribution >= 0.6 is 0 Å². The van der Waals surface area contributed by atoms with Gasteiger partial charge in [0, 0.05) is 17.9 Å². The molecule has 2 amide bonds. The van der Waals surface area contributed by atoms with Crippen molar-refractivity contribution in [3.63, 3.8) is 0 Å². The zero-order chi connectivity index (χ0) is 14.6. The first-order valence-corrected chi connectivity index (χ1v) is 6.54. The molecule has 0 aliphatic heterocycles. The number of hydrogen-bond donors (Lipinski definition) is 3. The van der Waals surface area contributed by atoms with Crippen LogP contribution in [0.1, 0.15) is 46.0 Å². The predicted molar refractivity (Wildman–Crippen MR) is 69.1 cm³/mol. The van der Waals surface area contributed by atoms with Crippen LogP contribution in [0.2, 0.25) is 0 Å². The molecule has 19 heavy (non-hydrogen) atoms. The Hall–Kier alpha value is -1.59. The van der Waals surface area contributed by atoms with Crippen molar-refractivity contribution >= 4 is 17.8 Å². The lowest BCUT2D eigenvalue weighted by Crippen LogP contribution is -2.49. The Morgan fingerprint density at radius 1 is 1.26 bits per heavy atom. The van der Waals surface area contributed by atoms with Crippen LogP contribution in [0.5, 0.6) is 0 Å². The molecule has 0 radical (unpaired) electrons. The Morgan fingerprint density at radius 3 is 2.37 bits per heavy atom. The van der Waals surface area contributed by atoms with Crippen LogP contribution in [-0.2, 0) is 14.4 Å². The molecule has 0 aromatic heterocycles. The Morgan fingerprint density at radius 2 is 1.84 bits per heavy atom. The van der Waals surface area contributed by atoms with Crippen molar-refractivity contribution in [3.8, 4) is 0 Å². The van der Waals surface area contributed by atoms with Gasteiger partial charge in [0.1, 0.15) is 0 Å². The number of carboxylic acids is 1. The monoisotopic (exact) mass is 270 g/mol. The first kappa shape index (κ1) is 15.5. The molecule has 0 aromatic rings. The Kier molecular flexibility index (Phi) is 4.91. The van der Waals surface area contributed by atoms with Crippen molar-refractivity contribution < 1.29 is 19.5 Å². The summed E-state index contributed by atoms with van der Waals surface area (Å²) in [6.45, 7) is 3.46. The van der Waals surface area contributed by atoms with Gasteiger partial charge in [-0.15, -0.1) is 0 Å². The van der Waals surface area contributed by atoms with Crippen LogP contribution in [0.3, 0.4) is 0 Å². The maximum Gasteiger partial charge on any atom is 0.306 e. The number of carboxylic acid groups (broad SMARTS) is 1. The zero-order valence-corrected chi connectivity index (χ0v) is 11.4. The van der Waals surface area contributed by atoms with Crippen LogP contribution in [0.25, 0.3) is 0 Å². The van der Waals surface area contributed by atoms with E-state index in [-0.39, 0.29) is 18.2 Å². The molecule has 0 saturated heterocycles. The van der Waals surface area contributed by atoms with Crippen molar-refractivity contribution in [2.45, 2.75) is 51.5 Å². The number of carbonyl (C=O) groups excluding carboxylic acids is 2. The molecule has 1 rings (SSSR count). The number of aliphatic carboxylic acids is 1. The van der Waals surface area contributed by atoms with E-state index in [2.05, 4.69) is 5.32 Å². The number of carbonyl (C=O) groups is 3. The van der Waals surface area contributed by atoms with E-state index in [0.717, 1.165) is 6.42 Å². The summed E-state index contributed by atoms with van der Waals surface area (Å²) in [5.74, 6) is -2.23. The molecule has 1 aliphatic rings. The number of nitrogens with two attached hydrogens (primary N) is 1. The minimum absolute atomic E-state index is 0.0633. The summed E-state index contributed by atoms with van der Waals surface area (Å²) in [5, 5.41) is 11.8. The highest BCUT2D eigenvalue weighted by Gasteiger charge is 2.33. The molecule has 0 spiro atoms. The number of amides is 2. The third-order valence-electron chi connectivity index (χ3n) is 3.47. The van der Waals surface area contributed by atoms with E-state index in [9.17, 15) is 14.4 Å². The maximum atomic E-state index is 12.1. The van der Waals surface area contributed by atoms with E-state index in [4.69, 9.17) is 10.8 Å². The molecule has 0 aromatic carbocycles. The highest BCUT2D eigenvalue weighted by Crippen LogP contribution is 2.29. The van der Waals surface area contributed by atoms with Crippen LogP contribution in [0.15, 0.2) is 0 Å². The summed E-state index contributed by atoms with van der Waals surface area (Å²) in [5.41, 5.74) is 4.43. The molecule has 1 saturated carbocycles. The van der Waals surface area contributed by atoms with Gasteiger partial charge in [-0.25, -0.2) is 0 Å². The fourth-order valence-corrected chi connectivity index (χ4v) is 2.57. The summed E-state index contributed by atoms with van der Waals surface area (Å²) in [6.07, 6.45) is 2.50. The third-order valence-corrected chi connectivity index (χ3v) is 3.47. The average Bonchev–Trinajstić information content (AvgIpc) is 2.26. The SMILES string of the molecule is CC(C)(CC(N)=O)NC(=O)C1CCCC(C(=O)O)C1. The average molecular weight is 270 g/mol. The van der Waals surface area contributed by atoms with Gasteiger partial charge in [0.15, 0.2) is 0 Å². The van der Waals surface area contributed by atoms with Crippen LogP contribution in [0.4, 0.5) is 0 Å². The molecule has 108 valence electrons. The number of hydrogen-bond acceptors (Lipinski definition) is 3. The summed E-state index contributed by atoms with van der Waals surface area (Å²) in [6, 6.07) is 0. The summed E-state index contributed by atoms with van der Waals surface area (Å²) in [7, 11) is 0. The quantitative estimate of drug-likeness (QED) is 0.681. The molecule has 1 fully saturated rings. The topological polar surface area (TPSA) is 109 Å². The predicted octanol–water partition coefficient (Wildman–Crippen LogP) is 0.648. The van der Waals surface area contributed by atoms with E-state index in [1.807, 2.05) is 0 Å². The van der Waals surface area contributed by atoms with Crippen molar-refractivity contribution in [1.82, 2.24) is 5.32 Å². The van der Waals surface area contributed by atoms with Crippen molar-refractivity contribution in [1.29, 1.82) is 0 Å². The Labute approximate surface area is 112 Å². The Bertz CT molecular complexity index is 379. The summed E-state index contributed by atoms with van der Waals surface area (Å²) in [4.78, 5) is 34.0. The third kappa shape index (κ3) is 4.89. The lowest BCUT2D eigenvalue weighted by Gasteiger charge is -2.31. The van der Waals surface area contributed by atoms with Gasteiger partial charge in [-0.3, -0.25) is 14.4 Å². The van der Waals surface area contributed by atoms with E-state index in [0.29, 0.717) is 19.3 Å². The highest BCUT2D eigenvalue weighted by atomic mass is 16.4. The van der Waals surface area contributed by atoms with Gasteiger partial charge in [-0.05, 0) is 33.1 Å². The Balaban J connectivity index is 2.57. The zero-order valence-electron chi connectivity index (χ0n) is 11.4. The number of primary amides is 1. The molecule has 4 N–H and O–H groups in total. The van der Waals surface area contributed by atoms with E-state index in [1.54, 1.807) is 13.8 Å². The van der Waals surface area contributed by atoms with Crippen molar-refractivity contribution in [2.75, 3.05) is 0 Å². The van der Waals surface area contributed by atoms with Gasteiger partial charge >= 0.3 is 5.97 Å². The van der Waals surface area contributed by atoms with E-state index >= 15 is 0 Å². The van der Waals surface area contributed by atoms with Crippen LogP contribution in [0, 0.1) is 11.8 Å². The molecular formula is C13H22N2O4. The van der Waals surface area contributed by atoms with Gasteiger partial charge in [0.25, 0.3) is 0 Å². The second-order valence-electron chi connectivity index (χ2n) is 5.91. The van der Waals surface area contributed by atoms with Crippen molar-refractivity contribution in [3.05, 3.63) is 0 Å². The largest absolute Gasteiger partial charge is 0.481 e.